The van der Waals surface area contributed by atoms with Crippen LogP contribution in [0.25, 0.3) is 5.57 Å². The largest absolute Gasteiger partial charge is 0.367 e. The molecule has 230 valence electrons. The number of ether oxygens (including phenoxy) is 1. The lowest BCUT2D eigenvalue weighted by Crippen LogP contribution is -2.45. The summed E-state index contributed by atoms with van der Waals surface area (Å²) in [6.07, 6.45) is 7.91. The maximum atomic E-state index is 16.1. The van der Waals surface area contributed by atoms with Gasteiger partial charge in [0.15, 0.2) is 0 Å². The molecule has 5 nitrogen and oxygen atoms in total. The molecule has 1 atom stereocenters. The van der Waals surface area contributed by atoms with Gasteiger partial charge < -0.3 is 24.8 Å². The van der Waals surface area contributed by atoms with Crippen molar-refractivity contribution >= 4 is 28.5 Å². The van der Waals surface area contributed by atoms with Crippen LogP contribution in [0.5, 0.6) is 0 Å². The van der Waals surface area contributed by atoms with E-state index in [1.54, 1.807) is 13.2 Å². The molecule has 1 N–H and O–H groups in total. The summed E-state index contributed by atoms with van der Waals surface area (Å²) in [6.45, 7) is 6.25. The molecule has 1 aliphatic carbocycles. The zero-order valence-electron chi connectivity index (χ0n) is 26.0. The lowest BCUT2D eigenvalue weighted by Gasteiger charge is -2.37. The zero-order chi connectivity index (χ0) is 30.6. The second-order valence-corrected chi connectivity index (χ2v) is 12.4. The van der Waals surface area contributed by atoms with E-state index in [0.29, 0.717) is 17.3 Å². The van der Waals surface area contributed by atoms with Gasteiger partial charge in [-0.15, -0.1) is 0 Å². The number of benzene rings is 3. The molecule has 1 unspecified atom stereocenters. The summed E-state index contributed by atoms with van der Waals surface area (Å²) in [4.78, 5) is 6.77. The van der Waals surface area contributed by atoms with Crippen molar-refractivity contribution < 1.29 is 9.13 Å². The molecule has 2 aliphatic heterocycles. The van der Waals surface area contributed by atoms with E-state index >= 15 is 4.39 Å². The number of fused-ring (bicyclic) bond motifs is 1. The normalized spacial score (nSPS) is 17.8. The van der Waals surface area contributed by atoms with Crippen LogP contribution in [0.2, 0.25) is 5.02 Å². The van der Waals surface area contributed by atoms with Gasteiger partial charge in [-0.1, -0.05) is 72.6 Å². The molecule has 3 aromatic carbocycles. The number of rotatable bonds is 10. The first-order valence-electron chi connectivity index (χ1n) is 15.7. The predicted molar refractivity (Wildman–Crippen MR) is 180 cm³/mol. The third kappa shape index (κ3) is 6.88. The van der Waals surface area contributed by atoms with Crippen molar-refractivity contribution in [3.63, 3.8) is 0 Å². The van der Waals surface area contributed by atoms with Gasteiger partial charge in [-0.05, 0) is 67.3 Å². The fourth-order valence-electron chi connectivity index (χ4n) is 6.17. The monoisotopic (exact) mass is 612 g/mol. The fourth-order valence-corrected chi connectivity index (χ4v) is 6.30. The lowest BCUT2D eigenvalue weighted by molar-refractivity contribution is 0.0837. The van der Waals surface area contributed by atoms with E-state index in [4.69, 9.17) is 16.3 Å². The molecular weight excluding hydrogens is 571 g/mol. The molecule has 0 aromatic heterocycles. The fraction of sp³-hybridized carbons (Fsp3) is 0.351. The predicted octanol–water partition coefficient (Wildman–Crippen LogP) is 7.78. The third-order valence-electron chi connectivity index (χ3n) is 8.73. The number of allylic oxidation sites excluding steroid dienone is 3. The Balaban J connectivity index is 1.42. The minimum Gasteiger partial charge on any atom is -0.367 e. The standard InChI is InChI=1S/C37H42ClFN4O/c1-4-8-33(40-36(44-3)21-26-9-6-5-7-10-26)31-25-43(24-27-11-15-29(38)16-12-27)34-23-35(42-19-17-41(2)18-20-42)32(39)22-30(34)37(31)28-13-14-28/h5-12,15-16,22-23,25,36,40H,4,13-14,17-21,24H2,1-3H3/b33-8+. The Bertz CT molecular complexity index is 1550. The molecule has 1 saturated heterocycles. The number of likely N-dealkylation sites (N-methyl/N-ethyl adjacent to an activating group) is 1. The minimum atomic E-state index is -0.219. The lowest BCUT2D eigenvalue weighted by atomic mass is 9.89. The molecule has 2 heterocycles. The quantitative estimate of drug-likeness (QED) is 0.236. The van der Waals surface area contributed by atoms with Gasteiger partial charge in [0, 0.05) is 74.3 Å². The van der Waals surface area contributed by atoms with Gasteiger partial charge in [0.2, 0.25) is 0 Å². The van der Waals surface area contributed by atoms with Crippen LogP contribution in [0.3, 0.4) is 0 Å². The molecule has 1 saturated carbocycles. The van der Waals surface area contributed by atoms with Gasteiger partial charge in [-0.25, -0.2) is 4.39 Å². The molecule has 2 fully saturated rings. The molecule has 0 amide bonds. The van der Waals surface area contributed by atoms with Crippen LogP contribution in [-0.4, -0.2) is 51.5 Å². The van der Waals surface area contributed by atoms with Crippen molar-refractivity contribution in [1.82, 2.24) is 10.2 Å². The Morgan fingerprint density at radius 2 is 1.70 bits per heavy atom. The van der Waals surface area contributed by atoms with Gasteiger partial charge in [0.25, 0.3) is 0 Å². The van der Waals surface area contributed by atoms with Gasteiger partial charge in [-0.2, -0.15) is 0 Å². The highest BCUT2D eigenvalue weighted by molar-refractivity contribution is 6.30. The number of methoxy groups -OCH3 is 1. The molecule has 0 radical (unpaired) electrons. The van der Waals surface area contributed by atoms with Crippen LogP contribution in [0.1, 0.15) is 42.9 Å². The first-order valence-corrected chi connectivity index (χ1v) is 16.1. The average molecular weight is 613 g/mol. The van der Waals surface area contributed by atoms with Crippen LogP contribution in [0.15, 0.2) is 95.8 Å². The zero-order valence-corrected chi connectivity index (χ0v) is 26.7. The van der Waals surface area contributed by atoms with E-state index in [9.17, 15) is 0 Å². The smallest absolute Gasteiger partial charge is 0.147 e. The number of nitrogens with one attached hydrogen (secondary N) is 1. The molecule has 0 spiro atoms. The van der Waals surface area contributed by atoms with Crippen molar-refractivity contribution in [3.8, 4) is 0 Å². The first kappa shape index (κ1) is 30.4. The molecule has 0 bridgehead atoms. The average Bonchev–Trinajstić information content (AvgIpc) is 3.87. The van der Waals surface area contributed by atoms with Crippen LogP contribution >= 0.6 is 11.6 Å². The molecular formula is C37H42ClFN4O. The molecule has 7 heteroatoms. The summed E-state index contributed by atoms with van der Waals surface area (Å²) in [5, 5.41) is 4.44. The highest BCUT2D eigenvalue weighted by atomic mass is 35.5. The Hall–Kier alpha value is -3.58. The van der Waals surface area contributed by atoms with Crippen molar-refractivity contribution in [3.05, 3.63) is 123 Å². The third-order valence-corrected chi connectivity index (χ3v) is 8.98. The Morgan fingerprint density at radius 3 is 2.36 bits per heavy atom. The summed E-state index contributed by atoms with van der Waals surface area (Å²) in [5.41, 5.74) is 9.64. The van der Waals surface area contributed by atoms with Crippen LogP contribution in [0, 0.1) is 5.82 Å². The second kappa shape index (κ2) is 13.6. The van der Waals surface area contributed by atoms with E-state index in [1.165, 1.54) is 11.1 Å². The summed E-state index contributed by atoms with van der Waals surface area (Å²) >= 11 is 6.24. The highest BCUT2D eigenvalue weighted by Gasteiger charge is 2.33. The summed E-state index contributed by atoms with van der Waals surface area (Å²) in [5.74, 6) is -0.160. The van der Waals surface area contributed by atoms with Gasteiger partial charge >= 0.3 is 0 Å². The van der Waals surface area contributed by atoms with Crippen LogP contribution < -0.4 is 15.1 Å². The summed E-state index contributed by atoms with van der Waals surface area (Å²) in [7, 11) is 3.87. The summed E-state index contributed by atoms with van der Waals surface area (Å²) < 4.78 is 22.1. The number of nitrogens with zero attached hydrogens (tertiary/aromatic N) is 3. The molecule has 3 aromatic rings. The summed E-state index contributed by atoms with van der Waals surface area (Å²) in [6, 6.07) is 22.2. The highest BCUT2D eigenvalue weighted by Crippen LogP contribution is 2.49. The molecule has 3 aliphatic rings. The van der Waals surface area contributed by atoms with E-state index in [-0.39, 0.29) is 12.0 Å². The van der Waals surface area contributed by atoms with Crippen molar-refractivity contribution in [2.45, 2.75) is 45.4 Å². The van der Waals surface area contributed by atoms with Crippen LogP contribution in [0.4, 0.5) is 15.8 Å². The van der Waals surface area contributed by atoms with Crippen LogP contribution in [-0.2, 0) is 17.7 Å². The maximum absolute atomic E-state index is 16.1. The molecule has 44 heavy (non-hydrogen) atoms. The maximum Gasteiger partial charge on any atom is 0.147 e. The SMILES string of the molecule is CC/C=C(/NC(Cc1ccccc1)OC)C1=CN(Cc2ccc(Cl)cc2)c2cc(N3CCN(C)CC3)c(F)cc2C1=C1CC1. The Morgan fingerprint density at radius 1 is 0.977 bits per heavy atom. The Kier molecular flexibility index (Phi) is 9.41. The Labute approximate surface area is 266 Å². The number of piperazine rings is 1. The van der Waals surface area contributed by atoms with Crippen molar-refractivity contribution in [2.24, 2.45) is 0 Å². The number of halogens is 2. The second-order valence-electron chi connectivity index (χ2n) is 12.0. The van der Waals surface area contributed by atoms with E-state index in [0.717, 1.165) is 85.5 Å². The first-order chi connectivity index (χ1) is 21.4. The van der Waals surface area contributed by atoms with Crippen molar-refractivity contribution in [2.75, 3.05) is 50.1 Å². The van der Waals surface area contributed by atoms with Gasteiger partial charge in [0.05, 0.1) is 11.4 Å². The van der Waals surface area contributed by atoms with Gasteiger partial charge in [0.1, 0.15) is 12.0 Å². The van der Waals surface area contributed by atoms with E-state index in [2.05, 4.69) is 88.7 Å². The topological polar surface area (TPSA) is 31.0 Å². The number of hydrogen-bond acceptors (Lipinski definition) is 5. The van der Waals surface area contributed by atoms with E-state index in [1.807, 2.05) is 18.2 Å². The van der Waals surface area contributed by atoms with E-state index < -0.39 is 0 Å². The number of hydrogen-bond donors (Lipinski definition) is 1. The minimum absolute atomic E-state index is 0.160. The van der Waals surface area contributed by atoms with Gasteiger partial charge in [-0.3, -0.25) is 0 Å². The molecule has 6 rings (SSSR count). The number of anilines is 2. The van der Waals surface area contributed by atoms with Crippen molar-refractivity contribution in [1.29, 1.82) is 0 Å².